The number of carbonyl (C=O) groups excluding carboxylic acids is 1. The molecule has 1 fully saturated rings. The number of nitrogens with zero attached hydrogens (tertiary/aromatic N) is 3. The van der Waals surface area contributed by atoms with Crippen molar-refractivity contribution < 1.29 is 4.79 Å². The van der Waals surface area contributed by atoms with E-state index in [-0.39, 0.29) is 5.91 Å². The molecule has 4 nitrogen and oxygen atoms in total. The Kier molecular flexibility index (Phi) is 4.31. The lowest BCUT2D eigenvalue weighted by atomic mass is 9.91. The highest BCUT2D eigenvalue weighted by Gasteiger charge is 2.28. The van der Waals surface area contributed by atoms with Crippen molar-refractivity contribution in [3.8, 4) is 0 Å². The Hall–Kier alpha value is -1.16. The molecule has 1 amide bonds. The van der Waals surface area contributed by atoms with Crippen LogP contribution < -0.4 is 0 Å². The lowest BCUT2D eigenvalue weighted by molar-refractivity contribution is 0.0580. The van der Waals surface area contributed by atoms with Crippen LogP contribution >= 0.6 is 11.6 Å². The summed E-state index contributed by atoms with van der Waals surface area (Å²) in [5.41, 5.74) is 0.612. The Morgan fingerprint density at radius 1 is 1.47 bits per heavy atom. The fraction of sp³-hybridized carbons (Fsp3) is 0.583. The zero-order valence-electron chi connectivity index (χ0n) is 9.68. The first-order chi connectivity index (χ1) is 8.33. The summed E-state index contributed by atoms with van der Waals surface area (Å²) >= 11 is 5.70. The Bertz CT molecular complexity index is 367. The molecule has 0 N–H and O–H groups in total. The van der Waals surface area contributed by atoms with Gasteiger partial charge in [-0.3, -0.25) is 4.79 Å². The summed E-state index contributed by atoms with van der Waals surface area (Å²) in [6.45, 7) is 0.731. The van der Waals surface area contributed by atoms with Gasteiger partial charge in [-0.2, -0.15) is 10.2 Å². The van der Waals surface area contributed by atoms with Crippen LogP contribution in [-0.2, 0) is 0 Å². The van der Waals surface area contributed by atoms with Gasteiger partial charge in [-0.1, -0.05) is 0 Å². The molecule has 0 bridgehead atoms. The van der Waals surface area contributed by atoms with Crippen LogP contribution in [0.4, 0.5) is 0 Å². The highest BCUT2D eigenvalue weighted by molar-refractivity contribution is 6.17. The van der Waals surface area contributed by atoms with Crippen molar-refractivity contribution in [2.75, 3.05) is 12.4 Å². The van der Waals surface area contributed by atoms with E-state index < -0.39 is 0 Å². The van der Waals surface area contributed by atoms with Crippen molar-refractivity contribution >= 4 is 17.5 Å². The van der Waals surface area contributed by atoms with Crippen LogP contribution in [0.5, 0.6) is 0 Å². The molecule has 1 saturated carbocycles. The molecule has 0 aliphatic heterocycles. The van der Waals surface area contributed by atoms with Crippen LogP contribution in [0.25, 0.3) is 0 Å². The van der Waals surface area contributed by atoms with Crippen molar-refractivity contribution in [3.05, 3.63) is 24.0 Å². The summed E-state index contributed by atoms with van der Waals surface area (Å²) in [7, 11) is 0. The second kappa shape index (κ2) is 5.96. The van der Waals surface area contributed by atoms with Gasteiger partial charge in [0.2, 0.25) is 0 Å². The number of amides is 1. The summed E-state index contributed by atoms with van der Waals surface area (Å²) in [4.78, 5) is 14.2. The Balaban J connectivity index is 2.06. The predicted molar refractivity (Wildman–Crippen MR) is 66.0 cm³/mol. The number of aromatic nitrogens is 2. The van der Waals surface area contributed by atoms with Gasteiger partial charge < -0.3 is 4.90 Å². The van der Waals surface area contributed by atoms with Gasteiger partial charge in [0.25, 0.3) is 5.91 Å². The highest BCUT2D eigenvalue weighted by atomic mass is 35.5. The van der Waals surface area contributed by atoms with Crippen LogP contribution in [0.2, 0.25) is 0 Å². The molecular formula is C12H16ClN3O. The van der Waals surface area contributed by atoms with Gasteiger partial charge in [-0.25, -0.2) is 0 Å². The fourth-order valence-corrected chi connectivity index (χ4v) is 2.08. The maximum Gasteiger partial charge on any atom is 0.255 e. The first-order valence-electron chi connectivity index (χ1n) is 5.96. The van der Waals surface area contributed by atoms with E-state index in [0.717, 1.165) is 25.8 Å². The number of alkyl halides is 1. The van der Waals surface area contributed by atoms with Gasteiger partial charge in [0.15, 0.2) is 0 Å². The first-order valence-corrected chi connectivity index (χ1v) is 6.50. The van der Waals surface area contributed by atoms with Gasteiger partial charge in [0.05, 0.1) is 18.0 Å². The fourth-order valence-electron chi connectivity index (χ4n) is 1.96. The SMILES string of the molecule is O=C(c1ccnnc1)N(CCCCl)C1CCC1. The third-order valence-electron chi connectivity index (χ3n) is 3.14. The molecule has 1 aliphatic carbocycles. The number of hydrogen-bond donors (Lipinski definition) is 0. The average Bonchev–Trinajstić information content (AvgIpc) is 2.32. The summed E-state index contributed by atoms with van der Waals surface area (Å²) in [5.74, 6) is 0.639. The van der Waals surface area contributed by atoms with E-state index in [9.17, 15) is 4.79 Å². The van der Waals surface area contributed by atoms with Crippen molar-refractivity contribution in [2.24, 2.45) is 0 Å². The highest BCUT2D eigenvalue weighted by Crippen LogP contribution is 2.26. The minimum absolute atomic E-state index is 0.0507. The van der Waals surface area contributed by atoms with Crippen LogP contribution in [-0.4, -0.2) is 39.5 Å². The van der Waals surface area contributed by atoms with E-state index in [1.165, 1.54) is 12.6 Å². The molecule has 0 radical (unpaired) electrons. The molecule has 0 aromatic carbocycles. The molecule has 17 heavy (non-hydrogen) atoms. The molecule has 5 heteroatoms. The topological polar surface area (TPSA) is 46.1 Å². The number of carbonyl (C=O) groups is 1. The van der Waals surface area contributed by atoms with Gasteiger partial charge >= 0.3 is 0 Å². The van der Waals surface area contributed by atoms with Crippen LogP contribution in [0, 0.1) is 0 Å². The molecule has 1 heterocycles. The largest absolute Gasteiger partial charge is 0.336 e. The lowest BCUT2D eigenvalue weighted by Gasteiger charge is -2.37. The molecule has 1 aromatic rings. The monoisotopic (exact) mass is 253 g/mol. The minimum Gasteiger partial charge on any atom is -0.336 e. The first kappa shape index (κ1) is 12.3. The molecule has 92 valence electrons. The normalized spacial score (nSPS) is 15.4. The van der Waals surface area contributed by atoms with Crippen molar-refractivity contribution in [3.63, 3.8) is 0 Å². The average molecular weight is 254 g/mol. The van der Waals surface area contributed by atoms with Crippen molar-refractivity contribution in [1.29, 1.82) is 0 Å². The van der Waals surface area contributed by atoms with Crippen molar-refractivity contribution in [1.82, 2.24) is 15.1 Å². The molecule has 0 unspecified atom stereocenters. The maximum atomic E-state index is 12.3. The third-order valence-corrected chi connectivity index (χ3v) is 3.41. The summed E-state index contributed by atoms with van der Waals surface area (Å²) in [6.07, 6.45) is 7.33. The minimum atomic E-state index is 0.0507. The maximum absolute atomic E-state index is 12.3. The molecule has 1 aromatic heterocycles. The van der Waals surface area contributed by atoms with Gasteiger partial charge in [0.1, 0.15) is 0 Å². The molecule has 0 saturated heterocycles. The predicted octanol–water partition coefficient (Wildman–Crippen LogP) is 2.10. The standard InChI is InChI=1S/C12H16ClN3O/c13-6-2-8-16(11-3-1-4-11)12(17)10-5-7-14-15-9-10/h5,7,9,11H,1-4,6,8H2. The van der Waals surface area contributed by atoms with Crippen LogP contribution in [0.15, 0.2) is 18.5 Å². The van der Waals surface area contributed by atoms with Gasteiger partial charge in [0, 0.05) is 18.5 Å². The summed E-state index contributed by atoms with van der Waals surface area (Å²) < 4.78 is 0. The molecular weight excluding hydrogens is 238 g/mol. The van der Waals surface area contributed by atoms with E-state index >= 15 is 0 Å². The Labute approximate surface area is 106 Å². The lowest BCUT2D eigenvalue weighted by Crippen LogP contribution is -2.44. The summed E-state index contributed by atoms with van der Waals surface area (Å²) in [5, 5.41) is 7.43. The Morgan fingerprint density at radius 3 is 2.82 bits per heavy atom. The third kappa shape index (κ3) is 2.94. The number of halogens is 1. The quantitative estimate of drug-likeness (QED) is 0.755. The second-order valence-corrected chi connectivity index (χ2v) is 4.63. The summed E-state index contributed by atoms with van der Waals surface area (Å²) in [6, 6.07) is 2.10. The zero-order valence-corrected chi connectivity index (χ0v) is 10.4. The number of rotatable bonds is 5. The van der Waals surface area contributed by atoms with Crippen LogP contribution in [0.3, 0.4) is 0 Å². The molecule has 1 aliphatic rings. The van der Waals surface area contributed by atoms with E-state index in [2.05, 4.69) is 10.2 Å². The van der Waals surface area contributed by atoms with E-state index in [4.69, 9.17) is 11.6 Å². The second-order valence-electron chi connectivity index (χ2n) is 4.26. The number of hydrogen-bond acceptors (Lipinski definition) is 3. The molecule has 2 rings (SSSR count). The van der Waals surface area contributed by atoms with E-state index in [1.807, 2.05) is 4.90 Å². The van der Waals surface area contributed by atoms with Crippen molar-refractivity contribution in [2.45, 2.75) is 31.7 Å². The van der Waals surface area contributed by atoms with Gasteiger partial charge in [-0.05, 0) is 31.7 Å². The van der Waals surface area contributed by atoms with E-state index in [0.29, 0.717) is 17.5 Å². The van der Waals surface area contributed by atoms with Crippen LogP contribution in [0.1, 0.15) is 36.0 Å². The molecule has 0 atom stereocenters. The smallest absolute Gasteiger partial charge is 0.255 e. The zero-order chi connectivity index (χ0) is 12.1. The van der Waals surface area contributed by atoms with Gasteiger partial charge in [-0.15, -0.1) is 11.6 Å². The van der Waals surface area contributed by atoms with E-state index in [1.54, 1.807) is 12.3 Å². The molecule has 0 spiro atoms. The Morgan fingerprint density at radius 2 is 2.29 bits per heavy atom.